The highest BCUT2D eigenvalue weighted by atomic mass is 14.9. The van der Waals surface area contributed by atoms with Gasteiger partial charge in [0.05, 0.1) is 0 Å². The molecule has 0 bridgehead atoms. The first-order chi connectivity index (χ1) is 8.57. The summed E-state index contributed by atoms with van der Waals surface area (Å²) in [5.74, 6) is 0.612. The molecule has 100 valence electrons. The van der Waals surface area contributed by atoms with Crippen LogP contribution >= 0.6 is 0 Å². The van der Waals surface area contributed by atoms with E-state index in [4.69, 9.17) is 0 Å². The average Bonchev–Trinajstić information content (AvgIpc) is 2.38. The van der Waals surface area contributed by atoms with E-state index in [1.807, 2.05) is 0 Å². The van der Waals surface area contributed by atoms with E-state index in [9.17, 15) is 0 Å². The van der Waals surface area contributed by atoms with E-state index in [0.717, 1.165) is 12.6 Å². The van der Waals surface area contributed by atoms with E-state index in [0.29, 0.717) is 11.3 Å². The summed E-state index contributed by atoms with van der Waals surface area (Å²) in [6.45, 7) is 8.22. The van der Waals surface area contributed by atoms with Crippen LogP contribution in [0, 0.1) is 5.41 Å². The maximum absolute atomic E-state index is 3.76. The maximum Gasteiger partial charge on any atom is 0.00677 e. The molecule has 0 saturated heterocycles. The second kappa shape index (κ2) is 5.88. The summed E-state index contributed by atoms with van der Waals surface area (Å²) in [5, 5.41) is 3.76. The molecule has 0 spiro atoms. The smallest absolute Gasteiger partial charge is 0.00677 e. The highest BCUT2D eigenvalue weighted by molar-refractivity contribution is 5.19. The number of hydrogen-bond donors (Lipinski definition) is 1. The Hall–Kier alpha value is -0.820. The molecule has 18 heavy (non-hydrogen) atoms. The lowest BCUT2D eigenvalue weighted by atomic mass is 9.75. The van der Waals surface area contributed by atoms with Crippen molar-refractivity contribution in [3.05, 3.63) is 35.9 Å². The zero-order chi connectivity index (χ0) is 13.0. The predicted molar refractivity (Wildman–Crippen MR) is 78.9 cm³/mol. The van der Waals surface area contributed by atoms with Crippen LogP contribution in [0.1, 0.15) is 57.9 Å². The van der Waals surface area contributed by atoms with Gasteiger partial charge in [0.2, 0.25) is 0 Å². The molecule has 2 rings (SSSR count). The Kier molecular flexibility index (Phi) is 4.45. The summed E-state index contributed by atoms with van der Waals surface area (Å²) in [7, 11) is 0. The average molecular weight is 245 g/mol. The van der Waals surface area contributed by atoms with Gasteiger partial charge >= 0.3 is 0 Å². The first kappa shape index (κ1) is 13.6. The molecule has 1 aromatic rings. The van der Waals surface area contributed by atoms with E-state index in [-0.39, 0.29) is 0 Å². The van der Waals surface area contributed by atoms with Gasteiger partial charge in [-0.05, 0) is 42.6 Å². The molecule has 0 aliphatic heterocycles. The van der Waals surface area contributed by atoms with Crippen molar-refractivity contribution in [2.75, 3.05) is 6.54 Å². The van der Waals surface area contributed by atoms with Gasteiger partial charge < -0.3 is 5.32 Å². The van der Waals surface area contributed by atoms with Gasteiger partial charge in [0, 0.05) is 12.6 Å². The molecule has 1 aromatic carbocycles. The molecule has 1 saturated carbocycles. The first-order valence-electron chi connectivity index (χ1n) is 7.35. The molecule has 0 amide bonds. The van der Waals surface area contributed by atoms with Gasteiger partial charge in [-0.25, -0.2) is 0 Å². The predicted octanol–water partition coefficient (Wildman–Crippen LogP) is 4.35. The Morgan fingerprint density at radius 2 is 1.78 bits per heavy atom. The van der Waals surface area contributed by atoms with Crippen molar-refractivity contribution in [1.82, 2.24) is 5.32 Å². The molecule has 0 heterocycles. The molecular formula is C17H27N. The molecule has 0 radical (unpaired) electrons. The van der Waals surface area contributed by atoms with Crippen molar-refractivity contribution in [2.24, 2.45) is 5.41 Å². The monoisotopic (exact) mass is 245 g/mol. The quantitative estimate of drug-likeness (QED) is 0.831. The minimum atomic E-state index is 0.573. The van der Waals surface area contributed by atoms with Gasteiger partial charge in [-0.2, -0.15) is 0 Å². The summed E-state index contributed by atoms with van der Waals surface area (Å²) in [5.41, 5.74) is 2.02. The fraction of sp³-hybridized carbons (Fsp3) is 0.647. The van der Waals surface area contributed by atoms with Gasteiger partial charge in [0.15, 0.2) is 0 Å². The zero-order valence-electron chi connectivity index (χ0n) is 12.1. The third-order valence-corrected chi connectivity index (χ3v) is 4.42. The molecule has 1 N–H and O–H groups in total. The van der Waals surface area contributed by atoms with Gasteiger partial charge in [0.25, 0.3) is 0 Å². The van der Waals surface area contributed by atoms with Crippen LogP contribution in [0.3, 0.4) is 0 Å². The Morgan fingerprint density at radius 1 is 1.17 bits per heavy atom. The lowest BCUT2D eigenvalue weighted by Crippen LogP contribution is -2.37. The van der Waals surface area contributed by atoms with Crippen LogP contribution in [0.15, 0.2) is 30.3 Å². The minimum Gasteiger partial charge on any atom is -0.313 e. The van der Waals surface area contributed by atoms with Crippen LogP contribution in [0.25, 0.3) is 0 Å². The Balaban J connectivity index is 1.76. The fourth-order valence-electron chi connectivity index (χ4n) is 2.85. The van der Waals surface area contributed by atoms with E-state index in [2.05, 4.69) is 56.4 Å². The van der Waals surface area contributed by atoms with Crippen LogP contribution in [0.4, 0.5) is 0 Å². The number of rotatable bonds is 4. The van der Waals surface area contributed by atoms with Crippen LogP contribution in [-0.2, 0) is 0 Å². The van der Waals surface area contributed by atoms with Gasteiger partial charge in [-0.3, -0.25) is 0 Å². The Labute approximate surface area is 112 Å². The SMILES string of the molecule is CC(CNC1CCC(C)(C)CC1)c1ccccc1. The zero-order valence-corrected chi connectivity index (χ0v) is 12.1. The molecule has 1 heteroatoms. The maximum atomic E-state index is 3.76. The van der Waals surface area contributed by atoms with Crippen LogP contribution in [0.5, 0.6) is 0 Å². The molecule has 1 atom stereocenters. The molecule has 1 unspecified atom stereocenters. The van der Waals surface area contributed by atoms with Crippen LogP contribution in [-0.4, -0.2) is 12.6 Å². The van der Waals surface area contributed by atoms with Crippen molar-refractivity contribution >= 4 is 0 Å². The topological polar surface area (TPSA) is 12.0 Å². The molecule has 1 aliphatic carbocycles. The minimum absolute atomic E-state index is 0.573. The second-order valence-electron chi connectivity index (χ2n) is 6.66. The summed E-state index contributed by atoms with van der Waals surface area (Å²) in [6, 6.07) is 11.6. The van der Waals surface area contributed by atoms with Crippen molar-refractivity contribution < 1.29 is 0 Å². The highest BCUT2D eigenvalue weighted by Gasteiger charge is 2.26. The third-order valence-electron chi connectivity index (χ3n) is 4.42. The number of nitrogens with one attached hydrogen (secondary N) is 1. The molecule has 1 fully saturated rings. The molecule has 0 aromatic heterocycles. The van der Waals surface area contributed by atoms with E-state index >= 15 is 0 Å². The van der Waals surface area contributed by atoms with Crippen LogP contribution in [0.2, 0.25) is 0 Å². The highest BCUT2D eigenvalue weighted by Crippen LogP contribution is 2.35. The lowest BCUT2D eigenvalue weighted by molar-refractivity contribution is 0.206. The first-order valence-corrected chi connectivity index (χ1v) is 7.35. The number of benzene rings is 1. The Bertz CT molecular complexity index is 345. The molecule has 1 nitrogen and oxygen atoms in total. The van der Waals surface area contributed by atoms with E-state index in [1.54, 1.807) is 0 Å². The fourth-order valence-corrected chi connectivity index (χ4v) is 2.85. The molecular weight excluding hydrogens is 218 g/mol. The van der Waals surface area contributed by atoms with Crippen molar-refractivity contribution in [1.29, 1.82) is 0 Å². The lowest BCUT2D eigenvalue weighted by Gasteiger charge is -2.35. The largest absolute Gasteiger partial charge is 0.313 e. The standard InChI is InChI=1S/C17H27N/c1-14(15-7-5-4-6-8-15)13-18-16-9-11-17(2,3)12-10-16/h4-8,14,16,18H,9-13H2,1-3H3. The normalized spacial score (nSPS) is 21.7. The van der Waals surface area contributed by atoms with Crippen molar-refractivity contribution in [3.63, 3.8) is 0 Å². The number of hydrogen-bond acceptors (Lipinski definition) is 1. The Morgan fingerprint density at radius 3 is 2.39 bits per heavy atom. The summed E-state index contributed by atoms with van der Waals surface area (Å²) >= 11 is 0. The van der Waals surface area contributed by atoms with E-state index in [1.165, 1.54) is 31.2 Å². The molecule has 1 aliphatic rings. The summed E-state index contributed by atoms with van der Waals surface area (Å²) in [4.78, 5) is 0. The van der Waals surface area contributed by atoms with Crippen molar-refractivity contribution in [3.8, 4) is 0 Å². The van der Waals surface area contributed by atoms with Gasteiger partial charge in [0.1, 0.15) is 0 Å². The van der Waals surface area contributed by atoms with E-state index < -0.39 is 0 Å². The summed E-state index contributed by atoms with van der Waals surface area (Å²) < 4.78 is 0. The third kappa shape index (κ3) is 3.84. The second-order valence-corrected chi connectivity index (χ2v) is 6.66. The van der Waals surface area contributed by atoms with Crippen LogP contribution < -0.4 is 5.32 Å². The van der Waals surface area contributed by atoms with Gasteiger partial charge in [-0.1, -0.05) is 51.1 Å². The summed E-state index contributed by atoms with van der Waals surface area (Å²) in [6.07, 6.45) is 5.41. The van der Waals surface area contributed by atoms with Gasteiger partial charge in [-0.15, -0.1) is 0 Å². The van der Waals surface area contributed by atoms with Crippen molar-refractivity contribution in [2.45, 2.75) is 58.4 Å².